The maximum Gasteiger partial charge on any atom is 0.352 e. The van der Waals surface area contributed by atoms with Gasteiger partial charge >= 0.3 is 11.9 Å². The first kappa shape index (κ1) is 17.0. The number of carbonyl (C=O) groups excluding carboxylic acids is 2. The highest BCUT2D eigenvalue weighted by atomic mass is 79.9. The van der Waals surface area contributed by atoms with Gasteiger partial charge in [0.1, 0.15) is 11.5 Å². The molecule has 0 bridgehead atoms. The van der Waals surface area contributed by atoms with Crippen LogP contribution < -0.4 is 9.47 Å². The largest absolute Gasteiger partial charge is 0.479 e. The number of hydrogen-bond acceptors (Lipinski definition) is 5. The van der Waals surface area contributed by atoms with E-state index in [2.05, 4.69) is 20.7 Å². The Labute approximate surface area is 142 Å². The summed E-state index contributed by atoms with van der Waals surface area (Å²) in [6.45, 7) is 1.60. The molecule has 0 aromatic heterocycles. The number of rotatable bonds is 5. The van der Waals surface area contributed by atoms with Gasteiger partial charge in [-0.1, -0.05) is 15.9 Å². The van der Waals surface area contributed by atoms with Gasteiger partial charge in [0, 0.05) is 4.47 Å². The van der Waals surface area contributed by atoms with Crippen molar-refractivity contribution in [1.82, 2.24) is 0 Å². The van der Waals surface area contributed by atoms with Gasteiger partial charge in [-0.3, -0.25) is 0 Å². The van der Waals surface area contributed by atoms with Crippen LogP contribution in [0.1, 0.15) is 17.3 Å². The van der Waals surface area contributed by atoms with Crippen molar-refractivity contribution in [2.45, 2.75) is 13.0 Å². The quantitative estimate of drug-likeness (QED) is 0.587. The molecule has 0 unspecified atom stereocenters. The average molecular weight is 379 g/mol. The van der Waals surface area contributed by atoms with Crippen LogP contribution in [0.25, 0.3) is 0 Å². The Kier molecular flexibility index (Phi) is 5.76. The lowest BCUT2D eigenvalue weighted by Gasteiger charge is -2.14. The molecular weight excluding hydrogens is 364 g/mol. The molecule has 0 spiro atoms. The van der Waals surface area contributed by atoms with Gasteiger partial charge in [-0.05, 0) is 55.5 Å². The number of hydrogen-bond donors (Lipinski definition) is 0. The van der Waals surface area contributed by atoms with E-state index in [1.807, 2.05) is 12.1 Å². The summed E-state index contributed by atoms with van der Waals surface area (Å²) in [6.07, 6.45) is -0.767. The second-order valence-corrected chi connectivity index (χ2v) is 5.57. The summed E-state index contributed by atoms with van der Waals surface area (Å²) in [5.41, 5.74) is 0.381. The second-order valence-electron chi connectivity index (χ2n) is 4.65. The summed E-state index contributed by atoms with van der Waals surface area (Å²) in [4.78, 5) is 23.3. The molecule has 5 nitrogen and oxygen atoms in total. The SMILES string of the molecule is COC(=O)c1ccc(OC(=O)[C@H](C)Oc2ccc(Br)cc2)cc1. The summed E-state index contributed by atoms with van der Waals surface area (Å²) in [7, 11) is 1.30. The maximum atomic E-state index is 12.0. The molecule has 0 aliphatic carbocycles. The summed E-state index contributed by atoms with van der Waals surface area (Å²) in [6, 6.07) is 13.2. The van der Waals surface area contributed by atoms with Crippen LogP contribution in [0.4, 0.5) is 0 Å². The molecule has 2 rings (SSSR count). The minimum atomic E-state index is -0.767. The fourth-order valence-electron chi connectivity index (χ4n) is 1.74. The van der Waals surface area contributed by atoms with E-state index in [1.165, 1.54) is 31.4 Å². The van der Waals surface area contributed by atoms with Gasteiger partial charge in [0.25, 0.3) is 0 Å². The third-order valence-corrected chi connectivity index (χ3v) is 3.48. The van der Waals surface area contributed by atoms with Gasteiger partial charge in [0.2, 0.25) is 0 Å². The Morgan fingerprint density at radius 1 is 0.957 bits per heavy atom. The van der Waals surface area contributed by atoms with E-state index in [0.717, 1.165) is 4.47 Å². The van der Waals surface area contributed by atoms with Crippen molar-refractivity contribution < 1.29 is 23.8 Å². The molecule has 0 saturated heterocycles. The second kappa shape index (κ2) is 7.78. The number of esters is 2. The molecule has 120 valence electrons. The van der Waals surface area contributed by atoms with Crippen LogP contribution in [0.5, 0.6) is 11.5 Å². The van der Waals surface area contributed by atoms with Crippen LogP contribution in [-0.4, -0.2) is 25.2 Å². The molecule has 0 saturated carbocycles. The third kappa shape index (κ3) is 4.82. The van der Waals surface area contributed by atoms with E-state index in [4.69, 9.17) is 9.47 Å². The number of carbonyl (C=O) groups is 2. The topological polar surface area (TPSA) is 61.8 Å². The smallest absolute Gasteiger partial charge is 0.352 e. The van der Waals surface area contributed by atoms with Crippen LogP contribution in [0, 0.1) is 0 Å². The van der Waals surface area contributed by atoms with Crippen LogP contribution in [0.15, 0.2) is 53.0 Å². The molecule has 23 heavy (non-hydrogen) atoms. The normalized spacial score (nSPS) is 11.4. The van der Waals surface area contributed by atoms with E-state index < -0.39 is 18.0 Å². The number of halogens is 1. The molecule has 2 aromatic carbocycles. The lowest BCUT2D eigenvalue weighted by Crippen LogP contribution is -2.28. The first-order chi connectivity index (χ1) is 11.0. The molecule has 0 N–H and O–H groups in total. The highest BCUT2D eigenvalue weighted by molar-refractivity contribution is 9.10. The summed E-state index contributed by atoms with van der Waals surface area (Å²) in [5, 5.41) is 0. The highest BCUT2D eigenvalue weighted by Gasteiger charge is 2.17. The predicted octanol–water partition coefficient (Wildman–Crippen LogP) is 3.61. The first-order valence-corrected chi connectivity index (χ1v) is 7.61. The van der Waals surface area contributed by atoms with E-state index in [-0.39, 0.29) is 0 Å². The molecule has 1 atom stereocenters. The number of methoxy groups -OCH3 is 1. The first-order valence-electron chi connectivity index (χ1n) is 6.82. The van der Waals surface area contributed by atoms with Crippen LogP contribution in [-0.2, 0) is 9.53 Å². The van der Waals surface area contributed by atoms with Crippen molar-refractivity contribution in [2.24, 2.45) is 0 Å². The van der Waals surface area contributed by atoms with Crippen molar-refractivity contribution >= 4 is 27.9 Å². The monoisotopic (exact) mass is 378 g/mol. The fourth-order valence-corrected chi connectivity index (χ4v) is 2.01. The summed E-state index contributed by atoms with van der Waals surface area (Å²) < 4.78 is 16.3. The Bertz CT molecular complexity index is 679. The molecule has 0 aliphatic rings. The molecule has 0 amide bonds. The highest BCUT2D eigenvalue weighted by Crippen LogP contribution is 2.18. The van der Waals surface area contributed by atoms with Crippen molar-refractivity contribution in [3.05, 3.63) is 58.6 Å². The molecule has 6 heteroatoms. The van der Waals surface area contributed by atoms with Crippen LogP contribution >= 0.6 is 15.9 Å². The summed E-state index contributed by atoms with van der Waals surface area (Å²) >= 11 is 3.33. The summed E-state index contributed by atoms with van der Waals surface area (Å²) in [5.74, 6) is -0.0823. The molecule has 0 aliphatic heterocycles. The molecule has 2 aromatic rings. The van der Waals surface area contributed by atoms with Gasteiger partial charge < -0.3 is 14.2 Å². The molecular formula is C17H15BrO5. The van der Waals surface area contributed by atoms with E-state index >= 15 is 0 Å². The zero-order valence-corrected chi connectivity index (χ0v) is 14.2. The number of benzene rings is 2. The van der Waals surface area contributed by atoms with E-state index in [9.17, 15) is 9.59 Å². The average Bonchev–Trinajstić information content (AvgIpc) is 2.56. The van der Waals surface area contributed by atoms with Crippen molar-refractivity contribution in [3.63, 3.8) is 0 Å². The maximum absolute atomic E-state index is 12.0. The molecule has 0 heterocycles. The van der Waals surface area contributed by atoms with Crippen molar-refractivity contribution in [1.29, 1.82) is 0 Å². The van der Waals surface area contributed by atoms with Gasteiger partial charge in [-0.2, -0.15) is 0 Å². The molecule has 0 radical (unpaired) electrons. The standard InChI is InChI=1S/C17H15BrO5/c1-11(22-14-9-5-13(18)6-10-14)16(19)23-15-7-3-12(4-8-15)17(20)21-2/h3-11H,1-2H3/t11-/m0/s1. The zero-order valence-electron chi connectivity index (χ0n) is 12.6. The van der Waals surface area contributed by atoms with E-state index in [0.29, 0.717) is 17.1 Å². The zero-order chi connectivity index (χ0) is 16.8. The Morgan fingerprint density at radius 2 is 1.52 bits per heavy atom. The van der Waals surface area contributed by atoms with Gasteiger partial charge in [-0.15, -0.1) is 0 Å². The minimum Gasteiger partial charge on any atom is -0.479 e. The van der Waals surface area contributed by atoms with Crippen LogP contribution in [0.3, 0.4) is 0 Å². The van der Waals surface area contributed by atoms with E-state index in [1.54, 1.807) is 19.1 Å². The Balaban J connectivity index is 1.95. The van der Waals surface area contributed by atoms with Crippen LogP contribution in [0.2, 0.25) is 0 Å². The lowest BCUT2D eigenvalue weighted by molar-refractivity contribution is -0.141. The fraction of sp³-hybridized carbons (Fsp3) is 0.176. The van der Waals surface area contributed by atoms with Gasteiger partial charge in [-0.25, -0.2) is 9.59 Å². The predicted molar refractivity (Wildman–Crippen MR) is 87.6 cm³/mol. The minimum absolute atomic E-state index is 0.328. The third-order valence-electron chi connectivity index (χ3n) is 2.95. The Hall–Kier alpha value is -2.34. The van der Waals surface area contributed by atoms with Gasteiger partial charge in [0.15, 0.2) is 6.10 Å². The van der Waals surface area contributed by atoms with Crippen molar-refractivity contribution in [2.75, 3.05) is 7.11 Å². The van der Waals surface area contributed by atoms with Gasteiger partial charge in [0.05, 0.1) is 12.7 Å². The van der Waals surface area contributed by atoms with Crippen molar-refractivity contribution in [3.8, 4) is 11.5 Å². The Morgan fingerprint density at radius 3 is 2.09 bits per heavy atom. The lowest BCUT2D eigenvalue weighted by atomic mass is 10.2. The molecule has 0 fully saturated rings. The number of ether oxygens (including phenoxy) is 3.